The van der Waals surface area contributed by atoms with Crippen molar-refractivity contribution in [1.82, 2.24) is 4.90 Å². The fourth-order valence-electron chi connectivity index (χ4n) is 6.10. The molecule has 6 nitrogen and oxygen atoms in total. The van der Waals surface area contributed by atoms with Gasteiger partial charge in [0.2, 0.25) is 0 Å². The molecule has 2 aromatic carbocycles. The normalized spacial score (nSPS) is 22.5. The Kier molecular flexibility index (Phi) is 7.60. The van der Waals surface area contributed by atoms with Crippen LogP contribution in [0, 0.1) is 30.5 Å². The molecule has 3 aliphatic rings. The van der Waals surface area contributed by atoms with Crippen LogP contribution in [0.3, 0.4) is 0 Å². The molecule has 2 atom stereocenters. The van der Waals surface area contributed by atoms with E-state index in [-0.39, 0.29) is 5.82 Å². The van der Waals surface area contributed by atoms with Gasteiger partial charge in [0.25, 0.3) is 0 Å². The average molecular weight is 550 g/mol. The molecule has 6 rings (SSSR count). The molecule has 2 aliphatic heterocycles. The number of aryl methyl sites for hydroxylation is 2. The lowest BCUT2D eigenvalue weighted by Crippen LogP contribution is -2.38. The lowest BCUT2D eigenvalue weighted by molar-refractivity contribution is 0.122. The average Bonchev–Trinajstić information content (AvgIpc) is 3.22. The number of ether oxygens (including phenoxy) is 2. The number of fused-ring (bicyclic) bond motifs is 1. The fourth-order valence-corrected chi connectivity index (χ4v) is 6.81. The number of halogens is 1. The molecule has 0 N–H and O–H groups in total. The second-order valence-electron chi connectivity index (χ2n) is 10.9. The summed E-state index contributed by atoms with van der Waals surface area (Å²) in [5, 5.41) is 0.559. The van der Waals surface area contributed by atoms with Crippen LogP contribution in [-0.4, -0.2) is 56.9 Å². The molecule has 0 radical (unpaired) electrons. The molecule has 2 unspecified atom stereocenters. The van der Waals surface area contributed by atoms with Crippen LogP contribution in [0.25, 0.3) is 0 Å². The predicted octanol–water partition coefficient (Wildman–Crippen LogP) is 5.98. The van der Waals surface area contributed by atoms with Gasteiger partial charge < -0.3 is 14.4 Å². The fraction of sp³-hybridized carbons (Fsp3) is 0.452. The summed E-state index contributed by atoms with van der Waals surface area (Å²) in [6.45, 7) is 10.2. The second kappa shape index (κ2) is 11.3. The van der Waals surface area contributed by atoms with Crippen molar-refractivity contribution in [2.45, 2.75) is 26.8 Å². The zero-order chi connectivity index (χ0) is 26.9. The Morgan fingerprint density at radius 1 is 1.05 bits per heavy atom. The van der Waals surface area contributed by atoms with Crippen molar-refractivity contribution in [1.29, 1.82) is 0 Å². The van der Waals surface area contributed by atoms with E-state index >= 15 is 4.39 Å². The van der Waals surface area contributed by atoms with Gasteiger partial charge in [-0.15, -0.1) is 11.3 Å². The van der Waals surface area contributed by atoms with Gasteiger partial charge in [0.1, 0.15) is 5.82 Å². The van der Waals surface area contributed by atoms with Gasteiger partial charge in [-0.05, 0) is 72.6 Å². The Balaban J connectivity index is 1.14. The first-order valence-electron chi connectivity index (χ1n) is 14.0. The molecule has 8 heteroatoms. The van der Waals surface area contributed by atoms with E-state index in [1.807, 2.05) is 30.0 Å². The van der Waals surface area contributed by atoms with E-state index in [2.05, 4.69) is 36.1 Å². The zero-order valence-corrected chi connectivity index (χ0v) is 23.5. The summed E-state index contributed by atoms with van der Waals surface area (Å²) in [5.74, 6) is 1.17. The van der Waals surface area contributed by atoms with Crippen molar-refractivity contribution in [3.63, 3.8) is 0 Å². The Labute approximate surface area is 233 Å². The van der Waals surface area contributed by atoms with E-state index in [9.17, 15) is 4.79 Å². The molecule has 2 saturated heterocycles. The number of rotatable bonds is 8. The summed E-state index contributed by atoms with van der Waals surface area (Å²) in [6, 6.07) is 17.8. The van der Waals surface area contributed by atoms with Gasteiger partial charge in [0.05, 0.1) is 24.6 Å². The van der Waals surface area contributed by atoms with Crippen LogP contribution in [0.1, 0.15) is 22.9 Å². The lowest BCUT2D eigenvalue weighted by Gasteiger charge is -2.30. The van der Waals surface area contributed by atoms with E-state index in [1.54, 1.807) is 11.0 Å². The molecule has 1 amide bonds. The zero-order valence-electron chi connectivity index (χ0n) is 22.6. The smallest absolute Gasteiger partial charge is 0.399 e. The van der Waals surface area contributed by atoms with Crippen molar-refractivity contribution < 1.29 is 18.7 Å². The standard InChI is InChI=1S/C31H36FN3O3S/c1-3-22-5-7-23(8-6-22)17-33-18-25-26(19-33)27(25)20-35(31(36)38-30-11-4-21(2)39-30)24-9-10-29(28(32)16-24)34-12-14-37-15-13-34/h4-11,16,25-27H,3,12-15,17-20H2,1-2H3. The molecule has 3 fully saturated rings. The Morgan fingerprint density at radius 3 is 2.41 bits per heavy atom. The third-order valence-corrected chi connectivity index (χ3v) is 9.28. The maximum Gasteiger partial charge on any atom is 0.420 e. The summed E-state index contributed by atoms with van der Waals surface area (Å²) < 4.78 is 26.5. The van der Waals surface area contributed by atoms with Crippen LogP contribution >= 0.6 is 11.3 Å². The van der Waals surface area contributed by atoms with Gasteiger partial charge in [-0.25, -0.2) is 9.18 Å². The number of piperidine rings is 1. The highest BCUT2D eigenvalue weighted by atomic mass is 32.1. The number of hydrogen-bond acceptors (Lipinski definition) is 6. The minimum atomic E-state index is -0.451. The monoisotopic (exact) mass is 549 g/mol. The molecular formula is C31H36FN3O3S. The van der Waals surface area contributed by atoms with E-state index in [4.69, 9.17) is 9.47 Å². The van der Waals surface area contributed by atoms with Crippen molar-refractivity contribution in [2.75, 3.05) is 55.7 Å². The number of anilines is 2. The van der Waals surface area contributed by atoms with Crippen LogP contribution in [0.2, 0.25) is 0 Å². The van der Waals surface area contributed by atoms with Gasteiger partial charge in [0.15, 0.2) is 5.06 Å². The van der Waals surface area contributed by atoms with Crippen molar-refractivity contribution >= 4 is 28.8 Å². The molecule has 1 saturated carbocycles. The highest BCUT2D eigenvalue weighted by molar-refractivity contribution is 7.13. The topological polar surface area (TPSA) is 45.2 Å². The van der Waals surface area contributed by atoms with Crippen LogP contribution in [0.15, 0.2) is 54.6 Å². The minimum absolute atomic E-state index is 0.324. The lowest BCUT2D eigenvalue weighted by atomic mass is 10.1. The number of nitrogens with zero attached hydrogens (tertiary/aromatic N) is 3. The first-order valence-corrected chi connectivity index (χ1v) is 14.8. The van der Waals surface area contributed by atoms with E-state index in [1.165, 1.54) is 28.5 Å². The van der Waals surface area contributed by atoms with Gasteiger partial charge in [-0.3, -0.25) is 9.80 Å². The summed E-state index contributed by atoms with van der Waals surface area (Å²) in [5.41, 5.74) is 3.80. The Hall–Kier alpha value is -2.94. The van der Waals surface area contributed by atoms with E-state index in [0.717, 1.165) is 30.9 Å². The number of carbonyl (C=O) groups is 1. The number of carbonyl (C=O) groups excluding carboxylic acids is 1. The molecule has 3 heterocycles. The summed E-state index contributed by atoms with van der Waals surface area (Å²) >= 11 is 1.44. The van der Waals surface area contributed by atoms with Gasteiger partial charge in [0, 0.05) is 44.1 Å². The first kappa shape index (κ1) is 26.3. The number of morpholine rings is 1. The third-order valence-electron chi connectivity index (χ3n) is 8.40. The van der Waals surface area contributed by atoms with Gasteiger partial charge in [-0.1, -0.05) is 31.2 Å². The first-order chi connectivity index (χ1) is 19.0. The number of likely N-dealkylation sites (tertiary alicyclic amines) is 1. The number of thiophene rings is 1. The van der Waals surface area contributed by atoms with E-state index < -0.39 is 6.09 Å². The number of benzene rings is 2. The maximum atomic E-state index is 15.3. The van der Waals surface area contributed by atoms with Crippen LogP contribution in [-0.2, 0) is 17.7 Å². The Bertz CT molecular complexity index is 1290. The summed E-state index contributed by atoms with van der Waals surface area (Å²) in [4.78, 5) is 20.6. The van der Waals surface area contributed by atoms with Crippen molar-refractivity contribution in [3.05, 3.63) is 76.4 Å². The van der Waals surface area contributed by atoms with Crippen LogP contribution < -0.4 is 14.5 Å². The molecular weight excluding hydrogens is 513 g/mol. The van der Waals surface area contributed by atoms with E-state index in [0.29, 0.717) is 67.0 Å². The highest BCUT2D eigenvalue weighted by Gasteiger charge is 2.56. The third kappa shape index (κ3) is 5.83. The highest BCUT2D eigenvalue weighted by Crippen LogP contribution is 2.52. The molecule has 206 valence electrons. The van der Waals surface area contributed by atoms with Crippen molar-refractivity contribution in [2.24, 2.45) is 17.8 Å². The van der Waals surface area contributed by atoms with Crippen LogP contribution in [0.5, 0.6) is 5.06 Å². The van der Waals surface area contributed by atoms with Gasteiger partial charge in [-0.2, -0.15) is 0 Å². The quantitative estimate of drug-likeness (QED) is 0.346. The molecule has 1 aliphatic carbocycles. The summed E-state index contributed by atoms with van der Waals surface area (Å²) in [6.07, 6.45) is 0.606. The minimum Gasteiger partial charge on any atom is -0.399 e. The van der Waals surface area contributed by atoms with Gasteiger partial charge >= 0.3 is 6.09 Å². The van der Waals surface area contributed by atoms with Crippen LogP contribution in [0.4, 0.5) is 20.6 Å². The molecule has 0 bridgehead atoms. The SMILES string of the molecule is CCc1ccc(CN2CC3C(C2)C3CN(C(=O)Oc2ccc(C)s2)c2ccc(N3CCOCC3)c(F)c2)cc1. The molecule has 0 spiro atoms. The number of amides is 1. The number of hydrogen-bond donors (Lipinski definition) is 0. The maximum absolute atomic E-state index is 15.3. The Morgan fingerprint density at radius 2 is 1.77 bits per heavy atom. The molecule has 3 aromatic rings. The molecule has 1 aromatic heterocycles. The largest absolute Gasteiger partial charge is 0.420 e. The summed E-state index contributed by atoms with van der Waals surface area (Å²) in [7, 11) is 0. The second-order valence-corrected chi connectivity index (χ2v) is 12.2. The van der Waals surface area contributed by atoms with Crippen molar-refractivity contribution in [3.8, 4) is 5.06 Å². The molecule has 39 heavy (non-hydrogen) atoms. The predicted molar refractivity (Wildman–Crippen MR) is 153 cm³/mol.